The maximum atomic E-state index is 14.2. The summed E-state index contributed by atoms with van der Waals surface area (Å²) in [7, 11) is -4.15. The number of carbonyl (C=O) groups is 2. The number of nitrogens with one attached hydrogen (secondary N) is 1. The Labute approximate surface area is 259 Å². The molecule has 7 nitrogen and oxygen atoms in total. The Bertz CT molecular complexity index is 1530. The zero-order valence-corrected chi connectivity index (χ0v) is 27.3. The molecule has 0 saturated heterocycles. The molecule has 0 radical (unpaired) electrons. The predicted molar refractivity (Wildman–Crippen MR) is 171 cm³/mol. The van der Waals surface area contributed by atoms with Crippen molar-refractivity contribution < 1.29 is 18.0 Å². The van der Waals surface area contributed by atoms with Gasteiger partial charge in [-0.3, -0.25) is 13.9 Å². The molecule has 0 heterocycles. The zero-order valence-electron chi connectivity index (χ0n) is 24.9. The minimum Gasteiger partial charge on any atom is -0.352 e. The van der Waals surface area contributed by atoms with Gasteiger partial charge in [-0.1, -0.05) is 78.5 Å². The maximum absolute atomic E-state index is 14.2. The Kier molecular flexibility index (Phi) is 11.5. The molecular formula is C32H39Cl2N3O4S. The number of rotatable bonds is 12. The molecule has 3 aromatic carbocycles. The molecule has 2 amide bonds. The molecule has 1 N–H and O–H groups in total. The highest BCUT2D eigenvalue weighted by atomic mass is 35.5. The van der Waals surface area contributed by atoms with Crippen molar-refractivity contribution >= 4 is 50.7 Å². The van der Waals surface area contributed by atoms with Gasteiger partial charge in [-0.25, -0.2) is 8.42 Å². The van der Waals surface area contributed by atoms with Crippen LogP contribution in [0, 0.1) is 20.8 Å². The van der Waals surface area contributed by atoms with E-state index in [1.54, 1.807) is 36.4 Å². The zero-order chi connectivity index (χ0) is 31.2. The Balaban J connectivity index is 2.11. The molecule has 10 heteroatoms. The number of aryl methyl sites for hydroxylation is 3. The lowest BCUT2D eigenvalue weighted by atomic mass is 10.1. The van der Waals surface area contributed by atoms with E-state index in [2.05, 4.69) is 5.32 Å². The van der Waals surface area contributed by atoms with Gasteiger partial charge in [0.2, 0.25) is 11.8 Å². The van der Waals surface area contributed by atoms with Crippen LogP contribution in [0.3, 0.4) is 0 Å². The predicted octanol–water partition coefficient (Wildman–Crippen LogP) is 6.84. The van der Waals surface area contributed by atoms with Crippen LogP contribution >= 0.6 is 23.2 Å². The molecule has 0 saturated carbocycles. The molecule has 42 heavy (non-hydrogen) atoms. The van der Waals surface area contributed by atoms with Gasteiger partial charge >= 0.3 is 0 Å². The SMILES string of the molecule is CC[C@@H](C)NC(=O)[C@@H](CC)N(Cc1ccc(Cl)c(Cl)c1)C(=O)CN(c1ccc(C)cc1C)S(=O)(=O)c1ccc(C)cc1. The molecule has 0 bridgehead atoms. The Morgan fingerprint density at radius 3 is 2.07 bits per heavy atom. The average Bonchev–Trinajstić information content (AvgIpc) is 2.93. The molecule has 226 valence electrons. The third kappa shape index (κ3) is 8.06. The number of sulfonamides is 1. The van der Waals surface area contributed by atoms with Gasteiger partial charge in [-0.2, -0.15) is 0 Å². The third-order valence-corrected chi connectivity index (χ3v) is 9.75. The highest BCUT2D eigenvalue weighted by Gasteiger charge is 2.34. The van der Waals surface area contributed by atoms with Gasteiger partial charge in [0.25, 0.3) is 10.0 Å². The van der Waals surface area contributed by atoms with Gasteiger partial charge in [-0.15, -0.1) is 0 Å². The first kappa shape index (κ1) is 33.4. The number of halogens is 2. The van der Waals surface area contributed by atoms with Crippen molar-refractivity contribution in [3.63, 3.8) is 0 Å². The summed E-state index contributed by atoms with van der Waals surface area (Å²) >= 11 is 12.4. The fraction of sp³-hybridized carbons (Fsp3) is 0.375. The van der Waals surface area contributed by atoms with Gasteiger partial charge < -0.3 is 10.2 Å². The summed E-state index contributed by atoms with van der Waals surface area (Å²) in [5.74, 6) is -0.831. The van der Waals surface area contributed by atoms with E-state index in [9.17, 15) is 18.0 Å². The summed E-state index contributed by atoms with van der Waals surface area (Å²) in [5.41, 5.74) is 3.63. The molecule has 0 aliphatic rings. The molecular weight excluding hydrogens is 593 g/mol. The lowest BCUT2D eigenvalue weighted by Crippen LogP contribution is -2.53. The van der Waals surface area contributed by atoms with Crippen molar-refractivity contribution in [2.24, 2.45) is 0 Å². The second-order valence-electron chi connectivity index (χ2n) is 10.6. The van der Waals surface area contributed by atoms with E-state index in [0.29, 0.717) is 33.3 Å². The third-order valence-electron chi connectivity index (χ3n) is 7.23. The average molecular weight is 633 g/mol. The summed E-state index contributed by atoms with van der Waals surface area (Å²) in [6.45, 7) is 10.8. The molecule has 0 aromatic heterocycles. The van der Waals surface area contributed by atoms with Crippen molar-refractivity contribution in [1.82, 2.24) is 10.2 Å². The molecule has 3 rings (SSSR count). The van der Waals surface area contributed by atoms with Crippen LogP contribution in [-0.4, -0.2) is 43.8 Å². The maximum Gasteiger partial charge on any atom is 0.264 e. The Hall–Kier alpha value is -3.07. The van der Waals surface area contributed by atoms with Crippen LogP contribution in [0.25, 0.3) is 0 Å². The van der Waals surface area contributed by atoms with Gasteiger partial charge in [0, 0.05) is 12.6 Å². The van der Waals surface area contributed by atoms with E-state index in [4.69, 9.17) is 23.2 Å². The molecule has 2 atom stereocenters. The molecule has 0 aliphatic carbocycles. The summed E-state index contributed by atoms with van der Waals surface area (Å²) in [4.78, 5) is 29.1. The largest absolute Gasteiger partial charge is 0.352 e. The lowest BCUT2D eigenvalue weighted by molar-refractivity contribution is -0.140. The number of amides is 2. The van der Waals surface area contributed by atoms with Gasteiger partial charge in [0.15, 0.2) is 0 Å². The van der Waals surface area contributed by atoms with Crippen LogP contribution in [0.4, 0.5) is 5.69 Å². The number of hydrogen-bond acceptors (Lipinski definition) is 4. The van der Waals surface area contributed by atoms with Gasteiger partial charge in [-0.05, 0) is 82.0 Å². The quantitative estimate of drug-likeness (QED) is 0.237. The van der Waals surface area contributed by atoms with Crippen LogP contribution < -0.4 is 9.62 Å². The van der Waals surface area contributed by atoms with Crippen molar-refractivity contribution in [1.29, 1.82) is 0 Å². The van der Waals surface area contributed by atoms with Crippen molar-refractivity contribution in [2.45, 2.75) is 77.9 Å². The summed E-state index contributed by atoms with van der Waals surface area (Å²) in [6, 6.07) is 16.0. The highest BCUT2D eigenvalue weighted by molar-refractivity contribution is 7.92. The van der Waals surface area contributed by atoms with E-state index in [1.807, 2.05) is 53.7 Å². The van der Waals surface area contributed by atoms with Crippen LogP contribution in [0.5, 0.6) is 0 Å². The van der Waals surface area contributed by atoms with E-state index < -0.39 is 28.5 Å². The highest BCUT2D eigenvalue weighted by Crippen LogP contribution is 2.29. The first-order valence-electron chi connectivity index (χ1n) is 14.0. The van der Waals surface area contributed by atoms with Crippen LogP contribution in [0.1, 0.15) is 55.9 Å². The summed E-state index contributed by atoms with van der Waals surface area (Å²) in [6.07, 6.45) is 1.04. The van der Waals surface area contributed by atoms with E-state index in [-0.39, 0.29) is 23.4 Å². The normalized spacial score (nSPS) is 12.9. The monoisotopic (exact) mass is 631 g/mol. The fourth-order valence-corrected chi connectivity index (χ4v) is 6.43. The Morgan fingerprint density at radius 2 is 1.50 bits per heavy atom. The van der Waals surface area contributed by atoms with Crippen LogP contribution in [0.15, 0.2) is 65.6 Å². The van der Waals surface area contributed by atoms with Crippen molar-refractivity contribution in [2.75, 3.05) is 10.8 Å². The second-order valence-corrected chi connectivity index (χ2v) is 13.3. The van der Waals surface area contributed by atoms with Crippen LogP contribution in [-0.2, 0) is 26.2 Å². The van der Waals surface area contributed by atoms with Gasteiger partial charge in [0.1, 0.15) is 12.6 Å². The topological polar surface area (TPSA) is 86.8 Å². The lowest BCUT2D eigenvalue weighted by Gasteiger charge is -2.34. The number of carbonyl (C=O) groups excluding carboxylic acids is 2. The minimum atomic E-state index is -4.15. The number of nitrogens with zero attached hydrogens (tertiary/aromatic N) is 2. The molecule has 0 spiro atoms. The molecule has 0 unspecified atom stereocenters. The number of hydrogen-bond donors (Lipinski definition) is 1. The smallest absolute Gasteiger partial charge is 0.264 e. The Morgan fingerprint density at radius 1 is 0.857 bits per heavy atom. The first-order valence-corrected chi connectivity index (χ1v) is 16.2. The fourth-order valence-electron chi connectivity index (χ4n) is 4.63. The summed E-state index contributed by atoms with van der Waals surface area (Å²) < 4.78 is 29.3. The van der Waals surface area contributed by atoms with Crippen molar-refractivity contribution in [3.8, 4) is 0 Å². The number of anilines is 1. The van der Waals surface area contributed by atoms with Crippen LogP contribution in [0.2, 0.25) is 10.0 Å². The van der Waals surface area contributed by atoms with Gasteiger partial charge in [0.05, 0.1) is 20.6 Å². The first-order chi connectivity index (χ1) is 19.8. The van der Waals surface area contributed by atoms with E-state index >= 15 is 0 Å². The standard InChI is InChI=1S/C32H39Cl2N3O4S/c1-7-24(6)35-32(39)29(8-2)36(19-25-12-15-27(33)28(34)18-25)31(38)20-37(30-16-11-22(4)17-23(30)5)42(40,41)26-13-9-21(3)10-14-26/h9-18,24,29H,7-8,19-20H2,1-6H3,(H,35,39)/t24-,29-/m1/s1. The second kappa shape index (κ2) is 14.4. The molecule has 3 aromatic rings. The number of benzene rings is 3. The molecule has 0 fully saturated rings. The summed E-state index contributed by atoms with van der Waals surface area (Å²) in [5, 5.41) is 3.66. The van der Waals surface area contributed by atoms with E-state index in [0.717, 1.165) is 21.9 Å². The van der Waals surface area contributed by atoms with Crippen molar-refractivity contribution in [3.05, 3.63) is 93.0 Å². The molecule has 0 aliphatic heterocycles. The van der Waals surface area contributed by atoms with E-state index in [1.165, 1.54) is 17.0 Å². The minimum absolute atomic E-state index is 0.0352.